The maximum atomic E-state index is 12.6. The van der Waals surface area contributed by atoms with E-state index in [1.807, 2.05) is 37.3 Å². The molecule has 0 aliphatic heterocycles. The Bertz CT molecular complexity index is 1370. The second-order valence-electron chi connectivity index (χ2n) is 15.0. The van der Waals surface area contributed by atoms with E-state index in [1.54, 1.807) is 6.08 Å². The number of phosphoric ester groups is 1. The van der Waals surface area contributed by atoms with Gasteiger partial charge in [0.1, 0.15) is 12.6 Å². The van der Waals surface area contributed by atoms with Crippen molar-refractivity contribution in [3.63, 3.8) is 0 Å². The van der Waals surface area contributed by atoms with Crippen molar-refractivity contribution in [1.29, 1.82) is 0 Å². The van der Waals surface area contributed by atoms with Crippen molar-refractivity contribution in [3.05, 3.63) is 85.1 Å². The number of nitrogens with two attached hydrogens (primary N) is 1. The van der Waals surface area contributed by atoms with Gasteiger partial charge in [-0.2, -0.15) is 0 Å². The highest BCUT2D eigenvalue weighted by Crippen LogP contribution is 2.43. The Labute approximate surface area is 367 Å². The third-order valence-electron chi connectivity index (χ3n) is 9.28. The van der Waals surface area contributed by atoms with E-state index in [0.717, 1.165) is 51.4 Å². The number of carboxylic acid groups (broad SMARTS) is 1. The van der Waals surface area contributed by atoms with Crippen LogP contribution in [0.1, 0.15) is 162 Å². The average Bonchev–Trinajstić information content (AvgIpc) is 3.24. The van der Waals surface area contributed by atoms with E-state index in [1.165, 1.54) is 57.8 Å². The van der Waals surface area contributed by atoms with E-state index in [9.17, 15) is 28.9 Å². The normalized spacial score (nSPS) is 15.0. The molecule has 0 aromatic carbocycles. The molecule has 5 N–H and O–H groups in total. The van der Waals surface area contributed by atoms with E-state index in [-0.39, 0.29) is 19.4 Å². The van der Waals surface area contributed by atoms with Gasteiger partial charge in [-0.1, -0.05) is 157 Å². The molecule has 0 fully saturated rings. The predicted octanol–water partition coefficient (Wildman–Crippen LogP) is 11.3. The van der Waals surface area contributed by atoms with Crippen molar-refractivity contribution in [2.75, 3.05) is 19.8 Å². The van der Waals surface area contributed by atoms with Crippen molar-refractivity contribution in [1.82, 2.24) is 0 Å². The monoisotopic (exact) mass is 878 g/mol. The highest BCUT2D eigenvalue weighted by molar-refractivity contribution is 7.47. The number of aliphatic hydroxyl groups excluding tert-OH is 1. The van der Waals surface area contributed by atoms with E-state index in [4.69, 9.17) is 24.8 Å². The number of hydrogen-bond acceptors (Lipinski definition) is 10. The Hall–Kier alpha value is -3.38. The van der Waals surface area contributed by atoms with Crippen LogP contribution in [-0.2, 0) is 37.5 Å². The molecule has 0 aliphatic carbocycles. The summed E-state index contributed by atoms with van der Waals surface area (Å²) in [5.74, 6) is -2.49. The molecule has 12 nitrogen and oxygen atoms in total. The van der Waals surface area contributed by atoms with Crippen molar-refractivity contribution in [2.45, 2.75) is 180 Å². The SMILES string of the molecule is CCCCC/C=C\C/C=C\CCCCCCCCCCCC(=O)OC[C@H](COP(=O)(O)OC[C@H](N)C(=O)O)OC(=O)CCC/C=C\C/C=C\C/C=C\C/C=C\C=C\[C@H](O)CC. The number of unbranched alkanes of at least 4 members (excludes halogenated alkanes) is 13. The Morgan fingerprint density at radius 1 is 0.590 bits per heavy atom. The molecule has 0 aromatic heterocycles. The van der Waals surface area contributed by atoms with Gasteiger partial charge >= 0.3 is 25.7 Å². The van der Waals surface area contributed by atoms with Crippen LogP contribution >= 0.6 is 7.82 Å². The lowest BCUT2D eigenvalue weighted by atomic mass is 10.1. The third-order valence-corrected chi connectivity index (χ3v) is 10.2. The molecule has 61 heavy (non-hydrogen) atoms. The fraction of sp³-hybridized carbons (Fsp3) is 0.646. The first kappa shape index (κ1) is 57.6. The molecule has 0 saturated carbocycles. The van der Waals surface area contributed by atoms with Crippen LogP contribution in [0.5, 0.6) is 0 Å². The molecule has 13 heteroatoms. The van der Waals surface area contributed by atoms with Crippen LogP contribution in [-0.4, -0.2) is 71.1 Å². The summed E-state index contributed by atoms with van der Waals surface area (Å²) in [6.45, 7) is 2.37. The fourth-order valence-corrected chi connectivity index (χ4v) is 6.33. The molecule has 1 unspecified atom stereocenters. The molecule has 0 rings (SSSR count). The van der Waals surface area contributed by atoms with Crippen LogP contribution in [0.4, 0.5) is 0 Å². The number of carboxylic acids is 1. The number of esters is 2. The van der Waals surface area contributed by atoms with Gasteiger partial charge < -0.3 is 30.3 Å². The Morgan fingerprint density at radius 2 is 1.07 bits per heavy atom. The molecule has 0 heterocycles. The Kier molecular flexibility index (Phi) is 39.6. The lowest BCUT2D eigenvalue weighted by molar-refractivity contribution is -0.161. The number of hydrogen-bond donors (Lipinski definition) is 4. The van der Waals surface area contributed by atoms with E-state index in [2.05, 4.69) is 60.1 Å². The van der Waals surface area contributed by atoms with Crippen LogP contribution in [0, 0.1) is 0 Å². The number of ether oxygens (including phenoxy) is 2. The molecular formula is C48H80NO11P. The molecule has 0 bridgehead atoms. The molecule has 4 atom stereocenters. The highest BCUT2D eigenvalue weighted by Gasteiger charge is 2.28. The first-order valence-corrected chi connectivity index (χ1v) is 24.2. The summed E-state index contributed by atoms with van der Waals surface area (Å²) in [7, 11) is -4.75. The first-order chi connectivity index (χ1) is 29.5. The van der Waals surface area contributed by atoms with E-state index < -0.39 is 57.2 Å². The van der Waals surface area contributed by atoms with E-state index in [0.29, 0.717) is 25.7 Å². The summed E-state index contributed by atoms with van der Waals surface area (Å²) in [6, 6.07) is -1.54. The zero-order valence-corrected chi connectivity index (χ0v) is 38.2. The standard InChI is InChI=1S/C48H80NO11P/c1-3-5-6-7-8-9-10-11-12-13-14-15-16-20-23-26-29-32-35-38-46(51)57-40-44(41-58-61(55,56)59-42-45(49)48(53)54)60-47(52)39-36-33-30-27-24-21-18-17-19-22-25-28-31-34-37-43(50)4-2/h8-9,11-12,18-19,21-22,27-28,30-31,34,37,43-45,50H,3-7,10,13-17,20,23-26,29,32-33,35-36,38-42,49H2,1-2H3,(H,53,54)(H,55,56)/b9-8-,12-11-,21-18-,22-19-,30-27-,31-28-,37-34+/t43-,44-,45+/m1/s1. The quantitative estimate of drug-likeness (QED) is 0.0150. The van der Waals surface area contributed by atoms with Gasteiger partial charge in [-0.25, -0.2) is 4.57 Å². The Balaban J connectivity index is 4.45. The predicted molar refractivity (Wildman–Crippen MR) is 246 cm³/mol. The number of carbonyl (C=O) groups is 3. The number of aliphatic carboxylic acids is 1. The van der Waals surface area contributed by atoms with Gasteiger partial charge in [0, 0.05) is 12.8 Å². The highest BCUT2D eigenvalue weighted by atomic mass is 31.2. The van der Waals surface area contributed by atoms with Crippen molar-refractivity contribution in [2.24, 2.45) is 5.73 Å². The van der Waals surface area contributed by atoms with Crippen molar-refractivity contribution in [3.8, 4) is 0 Å². The second-order valence-corrected chi connectivity index (χ2v) is 16.5. The fourth-order valence-electron chi connectivity index (χ4n) is 5.55. The number of allylic oxidation sites excluding steroid dienone is 13. The minimum Gasteiger partial charge on any atom is -0.480 e. The van der Waals surface area contributed by atoms with Gasteiger partial charge in [-0.15, -0.1) is 0 Å². The first-order valence-electron chi connectivity index (χ1n) is 22.7. The number of phosphoric acid groups is 1. The topological polar surface area (TPSA) is 192 Å². The molecule has 0 aromatic rings. The second kappa shape index (κ2) is 41.9. The van der Waals surface area contributed by atoms with Crippen LogP contribution < -0.4 is 5.73 Å². The number of rotatable bonds is 41. The summed E-state index contributed by atoms with van der Waals surface area (Å²) in [5, 5.41) is 18.4. The molecule has 0 amide bonds. The maximum Gasteiger partial charge on any atom is 0.472 e. The smallest absolute Gasteiger partial charge is 0.472 e. The summed E-state index contributed by atoms with van der Waals surface area (Å²) in [6.07, 6.45) is 48.9. The van der Waals surface area contributed by atoms with E-state index >= 15 is 0 Å². The van der Waals surface area contributed by atoms with Crippen LogP contribution in [0.2, 0.25) is 0 Å². The number of carbonyl (C=O) groups excluding carboxylic acids is 2. The lowest BCUT2D eigenvalue weighted by Crippen LogP contribution is -2.34. The minimum absolute atomic E-state index is 0.0638. The van der Waals surface area contributed by atoms with Gasteiger partial charge in [-0.3, -0.25) is 23.4 Å². The van der Waals surface area contributed by atoms with Gasteiger partial charge in [0.2, 0.25) is 0 Å². The summed E-state index contributed by atoms with van der Waals surface area (Å²) < 4.78 is 32.6. The summed E-state index contributed by atoms with van der Waals surface area (Å²) >= 11 is 0. The summed E-state index contributed by atoms with van der Waals surface area (Å²) in [5.41, 5.74) is 5.33. The molecule has 0 spiro atoms. The van der Waals surface area contributed by atoms with Gasteiger partial charge in [-0.05, 0) is 77.0 Å². The molecule has 0 radical (unpaired) electrons. The van der Waals surface area contributed by atoms with Gasteiger partial charge in [0.05, 0.1) is 19.3 Å². The van der Waals surface area contributed by atoms with Crippen LogP contribution in [0.15, 0.2) is 85.1 Å². The number of aliphatic hydroxyl groups is 1. The summed E-state index contributed by atoms with van der Waals surface area (Å²) in [4.78, 5) is 46.0. The zero-order valence-electron chi connectivity index (χ0n) is 37.3. The van der Waals surface area contributed by atoms with Crippen LogP contribution in [0.25, 0.3) is 0 Å². The molecule has 348 valence electrons. The van der Waals surface area contributed by atoms with Gasteiger partial charge in [0.25, 0.3) is 0 Å². The molecule has 0 saturated heterocycles. The van der Waals surface area contributed by atoms with Crippen molar-refractivity contribution >= 4 is 25.7 Å². The lowest BCUT2D eigenvalue weighted by Gasteiger charge is -2.20. The average molecular weight is 878 g/mol. The third kappa shape index (κ3) is 41.7. The Morgan fingerprint density at radius 3 is 1.62 bits per heavy atom. The van der Waals surface area contributed by atoms with Crippen LogP contribution in [0.3, 0.4) is 0 Å². The molecule has 0 aliphatic rings. The minimum atomic E-state index is -4.75. The van der Waals surface area contributed by atoms with Crippen molar-refractivity contribution < 1.29 is 52.6 Å². The molecular weight excluding hydrogens is 797 g/mol. The maximum absolute atomic E-state index is 12.6. The largest absolute Gasteiger partial charge is 0.480 e. The zero-order chi connectivity index (χ0) is 45.1. The van der Waals surface area contributed by atoms with Gasteiger partial charge in [0.15, 0.2) is 6.10 Å².